The topological polar surface area (TPSA) is 156 Å². The van der Waals surface area contributed by atoms with Crippen molar-refractivity contribution in [2.75, 3.05) is 71.1 Å². The van der Waals surface area contributed by atoms with E-state index in [2.05, 4.69) is 31.7 Å². The van der Waals surface area contributed by atoms with Crippen molar-refractivity contribution in [1.82, 2.24) is 19.9 Å². The second kappa shape index (κ2) is 15.5. The zero-order chi connectivity index (χ0) is 39.7. The molecule has 7 rings (SSSR count). The predicted molar refractivity (Wildman–Crippen MR) is 211 cm³/mol. The third-order valence-electron chi connectivity index (χ3n) is 9.60. The summed E-state index contributed by atoms with van der Waals surface area (Å²) < 4.78 is 61.9. The van der Waals surface area contributed by atoms with Gasteiger partial charge in [0.15, 0.2) is 52.6 Å². The van der Waals surface area contributed by atoms with Crippen molar-refractivity contribution in [2.45, 2.75) is 6.54 Å². The van der Waals surface area contributed by atoms with E-state index in [-0.39, 0.29) is 0 Å². The van der Waals surface area contributed by atoms with E-state index in [1.807, 2.05) is 36.4 Å². The van der Waals surface area contributed by atoms with E-state index in [4.69, 9.17) is 52.4 Å². The minimum absolute atomic E-state index is 0.399. The van der Waals surface area contributed by atoms with Crippen LogP contribution in [0.3, 0.4) is 0 Å². The molecule has 15 nitrogen and oxygen atoms in total. The number of ether oxygens (including phenoxy) is 10. The zero-order valence-electron chi connectivity index (χ0n) is 32.9. The number of nitrogens with one attached hydrogen (secondary N) is 3. The van der Waals surface area contributed by atoms with Crippen LogP contribution in [0.5, 0.6) is 34.5 Å². The van der Waals surface area contributed by atoms with E-state index in [1.165, 1.54) is 0 Å². The molecule has 6 heterocycles. The van der Waals surface area contributed by atoms with Crippen LogP contribution in [0.15, 0.2) is 54.6 Å². The highest BCUT2D eigenvalue weighted by atomic mass is 16.5. The summed E-state index contributed by atoms with van der Waals surface area (Å²) in [7, 11) is 15.7. The van der Waals surface area contributed by atoms with E-state index in [1.54, 1.807) is 77.2 Å². The quantitative estimate of drug-likeness (QED) is 0.118. The van der Waals surface area contributed by atoms with Gasteiger partial charge in [0.05, 0.1) is 93.2 Å². The molecule has 0 radical (unpaired) electrons. The number of methoxy groups -OCH3 is 10. The molecule has 0 atom stereocenters. The molecule has 292 valence electrons. The van der Waals surface area contributed by atoms with Gasteiger partial charge in [0.1, 0.15) is 22.4 Å². The van der Waals surface area contributed by atoms with Gasteiger partial charge in [-0.2, -0.15) is 4.57 Å². The highest BCUT2D eigenvalue weighted by molar-refractivity contribution is 5.99. The number of hydrogen-bond donors (Lipinski definition) is 3. The Morgan fingerprint density at radius 3 is 1.32 bits per heavy atom. The zero-order valence-corrected chi connectivity index (χ0v) is 32.9. The van der Waals surface area contributed by atoms with Crippen LogP contribution in [0.4, 0.5) is 0 Å². The van der Waals surface area contributed by atoms with Crippen LogP contribution < -0.4 is 33.0 Å². The normalized spacial score (nSPS) is 12.4. The molecular weight excluding hydrogens is 722 g/mol. The van der Waals surface area contributed by atoms with E-state index >= 15 is 0 Å². The van der Waals surface area contributed by atoms with Crippen LogP contribution in [0.1, 0.15) is 28.3 Å². The van der Waals surface area contributed by atoms with Gasteiger partial charge in [0.2, 0.25) is 11.5 Å². The van der Waals surface area contributed by atoms with Crippen molar-refractivity contribution in [3.63, 3.8) is 0 Å². The number of benzene rings is 1. The Balaban J connectivity index is 1.77. The lowest BCUT2D eigenvalue weighted by Crippen LogP contribution is -2.39. The van der Waals surface area contributed by atoms with Crippen LogP contribution in [-0.4, -0.2) is 91.0 Å². The smallest absolute Gasteiger partial charge is 0.255 e. The highest BCUT2D eigenvalue weighted by Crippen LogP contribution is 2.46. The summed E-state index contributed by atoms with van der Waals surface area (Å²) in [6.07, 6.45) is 0. The van der Waals surface area contributed by atoms with Gasteiger partial charge in [-0.3, -0.25) is 0 Å². The molecule has 10 bridgehead atoms. The van der Waals surface area contributed by atoms with Crippen LogP contribution in [0.2, 0.25) is 0 Å². The largest absolute Gasteiger partial charge is 0.491 e. The van der Waals surface area contributed by atoms with Gasteiger partial charge in [-0.15, -0.1) is 0 Å². The molecule has 0 unspecified atom stereocenters. The van der Waals surface area contributed by atoms with E-state index in [9.17, 15) is 0 Å². The van der Waals surface area contributed by atoms with E-state index in [0.717, 1.165) is 5.56 Å². The van der Waals surface area contributed by atoms with Gasteiger partial charge in [-0.25, -0.2) is 4.98 Å². The third kappa shape index (κ3) is 6.01. The van der Waals surface area contributed by atoms with E-state index in [0.29, 0.717) is 120 Å². The Hall–Kier alpha value is -6.90. The van der Waals surface area contributed by atoms with Crippen molar-refractivity contribution in [2.24, 2.45) is 0 Å². The molecule has 0 spiro atoms. The molecular formula is C41H44N5O10+. The molecule has 5 aromatic rings. The molecule has 0 saturated carbocycles. The van der Waals surface area contributed by atoms with E-state index < -0.39 is 0 Å². The monoisotopic (exact) mass is 766 g/mol. The van der Waals surface area contributed by atoms with Gasteiger partial charge in [-0.05, 0) is 12.1 Å². The first-order chi connectivity index (χ1) is 27.3. The van der Waals surface area contributed by atoms with Gasteiger partial charge in [0.25, 0.3) is 11.4 Å². The summed E-state index contributed by atoms with van der Waals surface area (Å²) in [4.78, 5) is 15.5. The summed E-state index contributed by atoms with van der Waals surface area (Å²) in [5.74, 6) is 4.32. The van der Waals surface area contributed by atoms with Gasteiger partial charge >= 0.3 is 0 Å². The minimum atomic E-state index is 0.399. The minimum Gasteiger partial charge on any atom is -0.491 e. The van der Waals surface area contributed by atoms with Crippen molar-refractivity contribution in [1.29, 1.82) is 0 Å². The van der Waals surface area contributed by atoms with Crippen molar-refractivity contribution < 1.29 is 51.9 Å². The summed E-state index contributed by atoms with van der Waals surface area (Å²) >= 11 is 0. The number of fused-ring (bicyclic) bond motifs is 11. The maximum atomic E-state index is 6.10. The Morgan fingerprint density at radius 2 is 0.839 bits per heavy atom. The molecule has 0 aliphatic carbocycles. The summed E-state index contributed by atoms with van der Waals surface area (Å²) in [6.45, 7) is 0.432. The van der Waals surface area contributed by atoms with Crippen LogP contribution in [0, 0.1) is 0 Å². The fraction of sp³-hybridized carbons (Fsp3) is 0.268. The first-order valence-corrected chi connectivity index (χ1v) is 17.4. The summed E-state index contributed by atoms with van der Waals surface area (Å²) in [5, 5.41) is 0. The summed E-state index contributed by atoms with van der Waals surface area (Å²) in [6, 6.07) is 17.5. The molecule has 0 saturated heterocycles. The average molecular weight is 767 g/mol. The number of H-pyrrole nitrogens is 3. The molecule has 2 aliphatic heterocycles. The van der Waals surface area contributed by atoms with Crippen LogP contribution >= 0.6 is 0 Å². The Kier molecular flexibility index (Phi) is 10.3. The lowest BCUT2D eigenvalue weighted by Gasteiger charge is -2.05. The first-order valence-electron chi connectivity index (χ1n) is 17.4. The number of rotatable bonds is 12. The predicted octanol–water partition coefficient (Wildman–Crippen LogP) is 6.59. The standard InChI is InChI=1S/C41H43N5O10/c1-47-32-22-16-24-36(51-5)40(55-9)30(44-24)31-41(56-10)37(52-6)25(45-31)17-23-33(48-2)35(50-4)27(43-23)19-29-39(54-8)38(53-7)28(18-26(42-22)34(32)49-3)46(29)20-21-14-12-11-13-15-21/h11-19H,20H2,1-10H3,(H2,42,43,44,45)/p+1. The van der Waals surface area contributed by atoms with Crippen molar-refractivity contribution in [3.8, 4) is 34.5 Å². The number of nitrogens with zero attached hydrogens (tertiary/aromatic N) is 2. The van der Waals surface area contributed by atoms with Gasteiger partial charge in [0, 0.05) is 17.7 Å². The molecule has 4 aromatic heterocycles. The molecule has 1 aromatic carbocycles. The Labute approximate surface area is 322 Å². The van der Waals surface area contributed by atoms with Crippen LogP contribution in [0.25, 0.3) is 56.1 Å². The Morgan fingerprint density at radius 1 is 0.429 bits per heavy atom. The SMILES string of the molecule is COC1=C(OC)c2cc3[nH]c(c(OC)c3OC)c3[nH]c(cc4[nH]c(cc5[n+](Cc6ccccc6)c(cc1n2)C(OC)=C5OC)c(OC)c4OC)c(OC)c3OC. The maximum absolute atomic E-state index is 6.10. The second-order valence-electron chi connectivity index (χ2n) is 12.4. The van der Waals surface area contributed by atoms with Crippen molar-refractivity contribution >= 4 is 56.1 Å². The fourth-order valence-electron chi connectivity index (χ4n) is 7.26. The fourth-order valence-corrected chi connectivity index (χ4v) is 7.26. The number of hydrogen-bond acceptors (Lipinski definition) is 11. The molecule has 2 aliphatic rings. The Bertz CT molecular complexity index is 2580. The average Bonchev–Trinajstić information content (AvgIpc) is 4.00. The number of aromatic nitrogens is 5. The lowest BCUT2D eigenvalue weighted by molar-refractivity contribution is -0.690. The second-order valence-corrected chi connectivity index (χ2v) is 12.4. The van der Waals surface area contributed by atoms with Gasteiger partial charge in [-0.1, -0.05) is 30.3 Å². The lowest BCUT2D eigenvalue weighted by atomic mass is 10.2. The molecule has 56 heavy (non-hydrogen) atoms. The summed E-state index contributed by atoms with van der Waals surface area (Å²) in [5.41, 5.74) is 6.62. The molecule has 0 amide bonds. The highest BCUT2D eigenvalue weighted by Gasteiger charge is 2.37. The third-order valence-corrected chi connectivity index (χ3v) is 9.60. The molecule has 3 N–H and O–H groups in total. The van der Waals surface area contributed by atoms with Crippen LogP contribution in [-0.2, 0) is 25.5 Å². The first kappa shape index (κ1) is 37.4. The molecule has 0 fully saturated rings. The molecule has 15 heteroatoms. The van der Waals surface area contributed by atoms with Gasteiger partial charge < -0.3 is 62.3 Å². The number of aromatic amines is 3. The maximum Gasteiger partial charge on any atom is 0.255 e. The van der Waals surface area contributed by atoms with Crippen molar-refractivity contribution in [3.05, 3.63) is 82.9 Å².